The first-order valence-corrected chi connectivity index (χ1v) is 22.3. The van der Waals surface area contributed by atoms with E-state index in [1.807, 2.05) is 0 Å². The summed E-state index contributed by atoms with van der Waals surface area (Å²) in [4.78, 5) is 36.5. The van der Waals surface area contributed by atoms with Crippen molar-refractivity contribution in [3.8, 4) is 0 Å². The van der Waals surface area contributed by atoms with Gasteiger partial charge in [-0.3, -0.25) is 14.4 Å². The molecule has 0 fully saturated rings. The van der Waals surface area contributed by atoms with Gasteiger partial charge in [-0.2, -0.15) is 0 Å². The molecule has 50 heavy (non-hydrogen) atoms. The number of nitrogens with one attached hydrogen (secondary N) is 3. The zero-order valence-corrected chi connectivity index (χ0v) is 34.0. The van der Waals surface area contributed by atoms with E-state index in [4.69, 9.17) is 0 Å². The number of rotatable bonds is 40. The van der Waals surface area contributed by atoms with E-state index in [2.05, 4.69) is 36.7 Å². The van der Waals surface area contributed by atoms with Gasteiger partial charge in [-0.15, -0.1) is 0 Å². The first kappa shape index (κ1) is 48.4. The highest BCUT2D eigenvalue weighted by atomic mass is 16.2. The predicted molar refractivity (Wildman–Crippen MR) is 217 cm³/mol. The minimum Gasteiger partial charge on any atom is -0.356 e. The lowest BCUT2D eigenvalue weighted by atomic mass is 10.0. The van der Waals surface area contributed by atoms with Crippen LogP contribution in [-0.2, 0) is 14.4 Å². The van der Waals surface area contributed by atoms with Crippen molar-refractivity contribution in [2.45, 2.75) is 252 Å². The van der Waals surface area contributed by atoms with E-state index in [9.17, 15) is 14.4 Å². The van der Waals surface area contributed by atoms with Crippen LogP contribution in [0.2, 0.25) is 0 Å². The third-order valence-corrected chi connectivity index (χ3v) is 10.2. The zero-order chi connectivity index (χ0) is 36.6. The molecule has 6 nitrogen and oxygen atoms in total. The SMILES string of the molecule is CCCCCCCCCCCCCCCCCC(=O)NCCCCCC(=O)NCCCC[C@@H](C)NC(=O)CCCCCCCCCCCCC. The summed E-state index contributed by atoms with van der Waals surface area (Å²) in [5.41, 5.74) is 0. The van der Waals surface area contributed by atoms with Gasteiger partial charge in [0.05, 0.1) is 0 Å². The lowest BCUT2D eigenvalue weighted by molar-refractivity contribution is -0.122. The second-order valence-corrected chi connectivity index (χ2v) is 15.5. The van der Waals surface area contributed by atoms with Crippen LogP contribution in [0, 0.1) is 0 Å². The number of hydrogen-bond acceptors (Lipinski definition) is 3. The Hall–Kier alpha value is -1.59. The molecule has 3 amide bonds. The molecule has 0 rings (SSSR count). The maximum Gasteiger partial charge on any atom is 0.220 e. The Kier molecular flexibility index (Phi) is 38.9. The fourth-order valence-corrected chi connectivity index (χ4v) is 6.82. The van der Waals surface area contributed by atoms with Crippen LogP contribution in [0.5, 0.6) is 0 Å². The first-order valence-electron chi connectivity index (χ1n) is 22.3. The molecule has 0 spiro atoms. The Morgan fingerprint density at radius 2 is 0.640 bits per heavy atom. The Balaban J connectivity index is 3.41. The molecule has 0 aliphatic carbocycles. The number of carbonyl (C=O) groups is 3. The molecule has 6 heteroatoms. The second kappa shape index (κ2) is 40.2. The van der Waals surface area contributed by atoms with Crippen molar-refractivity contribution in [1.29, 1.82) is 0 Å². The van der Waals surface area contributed by atoms with Gasteiger partial charge in [0.2, 0.25) is 17.7 Å². The van der Waals surface area contributed by atoms with Gasteiger partial charge >= 0.3 is 0 Å². The summed E-state index contributed by atoms with van der Waals surface area (Å²) >= 11 is 0. The van der Waals surface area contributed by atoms with E-state index < -0.39 is 0 Å². The monoisotopic (exact) mass is 706 g/mol. The maximum absolute atomic E-state index is 12.2. The third kappa shape index (κ3) is 39.2. The smallest absolute Gasteiger partial charge is 0.220 e. The summed E-state index contributed by atoms with van der Waals surface area (Å²) in [6.07, 6.45) is 41.9. The molecule has 0 aliphatic rings. The molecular formula is C44H87N3O3. The summed E-state index contributed by atoms with van der Waals surface area (Å²) < 4.78 is 0. The van der Waals surface area contributed by atoms with Gasteiger partial charge in [0, 0.05) is 38.4 Å². The Morgan fingerprint density at radius 3 is 1.00 bits per heavy atom. The Labute approximate surface area is 312 Å². The van der Waals surface area contributed by atoms with Crippen molar-refractivity contribution in [2.75, 3.05) is 13.1 Å². The van der Waals surface area contributed by atoms with Crippen LogP contribution in [0.25, 0.3) is 0 Å². The summed E-state index contributed by atoms with van der Waals surface area (Å²) in [7, 11) is 0. The van der Waals surface area contributed by atoms with Crippen LogP contribution in [-0.4, -0.2) is 36.9 Å². The quantitative estimate of drug-likeness (QED) is 0.0555. The van der Waals surface area contributed by atoms with Crippen LogP contribution >= 0.6 is 0 Å². The Bertz CT molecular complexity index is 744. The molecule has 0 saturated carbocycles. The normalized spacial score (nSPS) is 11.8. The van der Waals surface area contributed by atoms with Gasteiger partial charge in [0.15, 0.2) is 0 Å². The summed E-state index contributed by atoms with van der Waals surface area (Å²) in [5.74, 6) is 0.479. The largest absolute Gasteiger partial charge is 0.356 e. The van der Waals surface area contributed by atoms with Crippen molar-refractivity contribution in [2.24, 2.45) is 0 Å². The molecule has 296 valence electrons. The summed E-state index contributed by atoms with van der Waals surface area (Å²) in [5, 5.41) is 9.23. The lowest BCUT2D eigenvalue weighted by Crippen LogP contribution is -2.32. The van der Waals surface area contributed by atoms with E-state index >= 15 is 0 Å². The van der Waals surface area contributed by atoms with Crippen LogP contribution in [0.4, 0.5) is 0 Å². The first-order chi connectivity index (χ1) is 24.5. The van der Waals surface area contributed by atoms with Crippen molar-refractivity contribution in [3.63, 3.8) is 0 Å². The molecular weight excluding hydrogens is 619 g/mol. The zero-order valence-electron chi connectivity index (χ0n) is 34.0. The molecule has 3 N–H and O–H groups in total. The lowest BCUT2D eigenvalue weighted by Gasteiger charge is -2.14. The van der Waals surface area contributed by atoms with Crippen LogP contribution in [0.15, 0.2) is 0 Å². The van der Waals surface area contributed by atoms with Crippen molar-refractivity contribution < 1.29 is 14.4 Å². The third-order valence-electron chi connectivity index (χ3n) is 10.2. The van der Waals surface area contributed by atoms with E-state index in [1.165, 1.54) is 141 Å². The van der Waals surface area contributed by atoms with E-state index in [0.29, 0.717) is 32.4 Å². The van der Waals surface area contributed by atoms with Crippen molar-refractivity contribution in [1.82, 2.24) is 16.0 Å². The van der Waals surface area contributed by atoms with Crippen LogP contribution < -0.4 is 16.0 Å². The highest BCUT2D eigenvalue weighted by Gasteiger charge is 2.08. The molecule has 0 heterocycles. The second-order valence-electron chi connectivity index (χ2n) is 15.5. The highest BCUT2D eigenvalue weighted by molar-refractivity contribution is 5.76. The average Bonchev–Trinajstić information content (AvgIpc) is 3.10. The minimum atomic E-state index is 0.121. The fourth-order valence-electron chi connectivity index (χ4n) is 6.82. The molecule has 0 unspecified atom stereocenters. The van der Waals surface area contributed by atoms with Crippen molar-refractivity contribution in [3.05, 3.63) is 0 Å². The van der Waals surface area contributed by atoms with Gasteiger partial charge in [-0.1, -0.05) is 174 Å². The van der Waals surface area contributed by atoms with E-state index in [0.717, 1.165) is 64.2 Å². The van der Waals surface area contributed by atoms with Gasteiger partial charge in [-0.25, -0.2) is 0 Å². The number of carbonyl (C=O) groups excluding carboxylic acids is 3. The number of hydrogen-bond donors (Lipinski definition) is 3. The summed E-state index contributed by atoms with van der Waals surface area (Å²) in [6.45, 7) is 8.05. The van der Waals surface area contributed by atoms with Crippen molar-refractivity contribution >= 4 is 17.7 Å². The van der Waals surface area contributed by atoms with Gasteiger partial charge in [0.25, 0.3) is 0 Å². The molecule has 0 aliphatic heterocycles. The van der Waals surface area contributed by atoms with Gasteiger partial charge in [0.1, 0.15) is 0 Å². The van der Waals surface area contributed by atoms with Crippen LogP contribution in [0.1, 0.15) is 245 Å². The molecule has 0 saturated heterocycles. The number of amides is 3. The number of unbranched alkanes of at least 4 members (excludes halogenated alkanes) is 27. The molecule has 0 aromatic rings. The molecule has 0 bridgehead atoms. The van der Waals surface area contributed by atoms with E-state index in [1.54, 1.807) is 0 Å². The average molecular weight is 706 g/mol. The topological polar surface area (TPSA) is 87.3 Å². The molecule has 0 aromatic heterocycles. The Morgan fingerprint density at radius 1 is 0.360 bits per heavy atom. The minimum absolute atomic E-state index is 0.121. The molecule has 0 radical (unpaired) electrons. The fraction of sp³-hybridized carbons (Fsp3) is 0.932. The highest BCUT2D eigenvalue weighted by Crippen LogP contribution is 2.14. The predicted octanol–water partition coefficient (Wildman–Crippen LogP) is 12.4. The van der Waals surface area contributed by atoms with Gasteiger partial charge < -0.3 is 16.0 Å². The summed E-state index contributed by atoms with van der Waals surface area (Å²) in [6, 6.07) is 0.190. The molecule has 0 aromatic carbocycles. The van der Waals surface area contributed by atoms with Gasteiger partial charge in [-0.05, 0) is 51.9 Å². The molecule has 1 atom stereocenters. The maximum atomic E-state index is 12.2. The standard InChI is InChI=1S/C44H87N3O3/c1-4-6-8-10-12-14-16-17-18-19-21-22-24-26-29-36-42(48)45-39-33-28-31-37-43(49)46-40-34-32-35-41(3)47-44(50)38-30-27-25-23-20-15-13-11-9-7-5-2/h41H,4-40H2,1-3H3,(H,45,48)(H,46,49)(H,47,50)/t41-/m1/s1. The van der Waals surface area contributed by atoms with E-state index in [-0.39, 0.29) is 23.8 Å². The van der Waals surface area contributed by atoms with Crippen LogP contribution in [0.3, 0.4) is 0 Å².